The number of alkyl halides is 3. The van der Waals surface area contributed by atoms with E-state index >= 15 is 0 Å². The third kappa shape index (κ3) is 2.78. The van der Waals surface area contributed by atoms with Gasteiger partial charge in [0.2, 0.25) is 0 Å². The molecule has 0 N–H and O–H groups in total. The highest BCUT2D eigenvalue weighted by Gasteiger charge is 2.39. The van der Waals surface area contributed by atoms with Crippen molar-refractivity contribution in [1.29, 1.82) is 0 Å². The van der Waals surface area contributed by atoms with Crippen molar-refractivity contribution >= 4 is 5.91 Å². The fourth-order valence-corrected chi connectivity index (χ4v) is 3.59. The first-order valence-electron chi connectivity index (χ1n) is 7.96. The van der Waals surface area contributed by atoms with Crippen LogP contribution >= 0.6 is 0 Å². The van der Waals surface area contributed by atoms with E-state index in [0.29, 0.717) is 25.2 Å². The van der Waals surface area contributed by atoms with Gasteiger partial charge in [0.1, 0.15) is 0 Å². The molecule has 0 atom stereocenters. The maximum absolute atomic E-state index is 13.5. The molecule has 1 aromatic carbocycles. The van der Waals surface area contributed by atoms with Gasteiger partial charge in [-0.3, -0.25) is 14.7 Å². The summed E-state index contributed by atoms with van der Waals surface area (Å²) in [5.74, 6) is -0.353. The van der Waals surface area contributed by atoms with E-state index in [1.807, 2.05) is 17.0 Å². The van der Waals surface area contributed by atoms with Crippen LogP contribution in [0.25, 0.3) is 0 Å². The molecule has 0 fully saturated rings. The molecule has 2 aliphatic rings. The summed E-state index contributed by atoms with van der Waals surface area (Å²) in [4.78, 5) is 19.8. The molecule has 25 heavy (non-hydrogen) atoms. The number of aromatic nitrogens is 1. The average molecular weight is 347 g/mol. The maximum atomic E-state index is 13.5. The van der Waals surface area contributed by atoms with E-state index in [0.717, 1.165) is 11.3 Å². The van der Waals surface area contributed by atoms with Crippen molar-refractivity contribution in [3.8, 4) is 0 Å². The number of hydrogen-bond donors (Lipinski definition) is 0. The van der Waals surface area contributed by atoms with Crippen molar-refractivity contribution in [2.75, 3.05) is 7.05 Å². The Morgan fingerprint density at radius 3 is 2.72 bits per heavy atom. The fourth-order valence-electron chi connectivity index (χ4n) is 3.59. The molecule has 0 spiro atoms. The molecule has 7 heteroatoms. The fraction of sp³-hybridized carbons (Fsp3) is 0.333. The van der Waals surface area contributed by atoms with Gasteiger partial charge in [-0.15, -0.1) is 0 Å². The summed E-state index contributed by atoms with van der Waals surface area (Å²) in [7, 11) is 1.52. The van der Waals surface area contributed by atoms with Crippen LogP contribution in [-0.2, 0) is 32.4 Å². The number of halogens is 3. The van der Waals surface area contributed by atoms with Gasteiger partial charge in [0.25, 0.3) is 5.91 Å². The molecule has 0 saturated heterocycles. The molecular weight excluding hydrogens is 331 g/mol. The second kappa shape index (κ2) is 5.56. The number of hydrogen-bond acceptors (Lipinski definition) is 3. The lowest BCUT2D eigenvalue weighted by Gasteiger charge is -2.18. The number of rotatable bonds is 2. The smallest absolute Gasteiger partial charge is 0.337 e. The molecule has 130 valence electrons. The Morgan fingerprint density at radius 1 is 1.20 bits per heavy atom. The molecule has 0 bridgehead atoms. The zero-order valence-electron chi connectivity index (χ0n) is 13.6. The van der Waals surface area contributed by atoms with Gasteiger partial charge in [-0.05, 0) is 34.9 Å². The van der Waals surface area contributed by atoms with Gasteiger partial charge in [-0.1, -0.05) is 6.07 Å². The topological polar surface area (TPSA) is 36.4 Å². The van der Waals surface area contributed by atoms with E-state index in [-0.39, 0.29) is 23.6 Å². The molecule has 2 aliphatic heterocycles. The van der Waals surface area contributed by atoms with E-state index in [1.165, 1.54) is 18.0 Å². The summed E-state index contributed by atoms with van der Waals surface area (Å²) in [5, 5.41) is 0. The van der Waals surface area contributed by atoms with Crippen molar-refractivity contribution in [3.63, 3.8) is 0 Å². The minimum Gasteiger partial charge on any atom is -0.337 e. The van der Waals surface area contributed by atoms with Crippen LogP contribution in [0, 0.1) is 0 Å². The van der Waals surface area contributed by atoms with Crippen LogP contribution in [0.1, 0.15) is 38.3 Å². The van der Waals surface area contributed by atoms with E-state index in [4.69, 9.17) is 0 Å². The van der Waals surface area contributed by atoms with Crippen LogP contribution in [0.15, 0.2) is 30.5 Å². The number of nitrogens with zero attached hydrogens (tertiary/aromatic N) is 3. The summed E-state index contributed by atoms with van der Waals surface area (Å²) in [5.41, 5.74) is 2.10. The first kappa shape index (κ1) is 16.1. The maximum Gasteiger partial charge on any atom is 0.416 e. The second-order valence-corrected chi connectivity index (χ2v) is 6.58. The van der Waals surface area contributed by atoms with Crippen molar-refractivity contribution in [2.24, 2.45) is 0 Å². The van der Waals surface area contributed by atoms with Gasteiger partial charge < -0.3 is 4.90 Å². The first-order valence-corrected chi connectivity index (χ1v) is 7.96. The molecule has 0 radical (unpaired) electrons. The second-order valence-electron chi connectivity index (χ2n) is 6.58. The summed E-state index contributed by atoms with van der Waals surface area (Å²) < 4.78 is 40.4. The Kier molecular flexibility index (Phi) is 3.57. The molecule has 0 aliphatic carbocycles. The molecule has 1 aromatic heterocycles. The number of carbonyl (C=O) groups is 1. The molecule has 1 amide bonds. The Hall–Kier alpha value is -2.41. The van der Waals surface area contributed by atoms with Crippen molar-refractivity contribution in [3.05, 3.63) is 64.0 Å². The van der Waals surface area contributed by atoms with Gasteiger partial charge in [0.05, 0.1) is 11.3 Å². The Bertz CT molecular complexity index is 838. The zero-order chi connectivity index (χ0) is 17.8. The van der Waals surface area contributed by atoms with E-state index < -0.39 is 11.7 Å². The predicted molar refractivity (Wildman–Crippen MR) is 84.4 cm³/mol. The average Bonchev–Trinajstić information content (AvgIpc) is 3.07. The van der Waals surface area contributed by atoms with Gasteiger partial charge >= 0.3 is 6.18 Å². The summed E-state index contributed by atoms with van der Waals surface area (Å²) in [6.45, 7) is 1.60. The SMILES string of the molecule is CN1Cc2c(cc(CN3Cc4cccnc4C3)cc2C(F)(F)F)C1=O. The molecule has 0 saturated carbocycles. The van der Waals surface area contributed by atoms with E-state index in [1.54, 1.807) is 12.3 Å². The summed E-state index contributed by atoms with van der Waals surface area (Å²) in [6, 6.07) is 6.62. The van der Waals surface area contributed by atoms with Gasteiger partial charge in [0, 0.05) is 45.0 Å². The third-order valence-corrected chi connectivity index (χ3v) is 4.75. The van der Waals surface area contributed by atoms with Crippen LogP contribution < -0.4 is 0 Å². The number of pyridine rings is 1. The standard InChI is InChI=1S/C18H16F3N3O/c1-23-9-14-13(17(23)25)5-11(6-15(14)18(19,20)21)7-24-8-12-3-2-4-22-16(12)10-24/h2-6H,7-10H2,1H3. The minimum absolute atomic E-state index is 0.00235. The predicted octanol–water partition coefficient (Wildman–Crippen LogP) is 3.20. The minimum atomic E-state index is -4.47. The summed E-state index contributed by atoms with van der Waals surface area (Å²) in [6.07, 6.45) is -2.75. The van der Waals surface area contributed by atoms with Crippen LogP contribution in [0.5, 0.6) is 0 Å². The molecule has 0 unspecified atom stereocenters. The third-order valence-electron chi connectivity index (χ3n) is 4.75. The lowest BCUT2D eigenvalue weighted by Crippen LogP contribution is -2.18. The molecule has 2 aromatic rings. The normalized spacial score (nSPS) is 17.1. The van der Waals surface area contributed by atoms with Crippen LogP contribution in [0.2, 0.25) is 0 Å². The molecule has 4 rings (SSSR count). The largest absolute Gasteiger partial charge is 0.416 e. The Balaban J connectivity index is 1.67. The number of benzene rings is 1. The number of fused-ring (bicyclic) bond motifs is 2. The van der Waals surface area contributed by atoms with Crippen molar-refractivity contribution in [2.45, 2.75) is 32.4 Å². The van der Waals surface area contributed by atoms with Crippen LogP contribution in [-0.4, -0.2) is 27.7 Å². The van der Waals surface area contributed by atoms with E-state index in [9.17, 15) is 18.0 Å². The summed E-state index contributed by atoms with van der Waals surface area (Å²) >= 11 is 0. The quantitative estimate of drug-likeness (QED) is 0.837. The number of carbonyl (C=O) groups excluding carboxylic acids is 1. The zero-order valence-corrected chi connectivity index (χ0v) is 13.6. The molecular formula is C18H16F3N3O. The van der Waals surface area contributed by atoms with Gasteiger partial charge in [0.15, 0.2) is 0 Å². The van der Waals surface area contributed by atoms with Crippen LogP contribution in [0.4, 0.5) is 13.2 Å². The van der Waals surface area contributed by atoms with Gasteiger partial charge in [-0.2, -0.15) is 13.2 Å². The number of amides is 1. The lowest BCUT2D eigenvalue weighted by atomic mass is 9.98. The van der Waals surface area contributed by atoms with Crippen molar-refractivity contribution < 1.29 is 18.0 Å². The molecule has 3 heterocycles. The Morgan fingerprint density at radius 2 is 2.00 bits per heavy atom. The molecule has 4 nitrogen and oxygen atoms in total. The van der Waals surface area contributed by atoms with Gasteiger partial charge in [-0.25, -0.2) is 0 Å². The van der Waals surface area contributed by atoms with Crippen molar-refractivity contribution in [1.82, 2.24) is 14.8 Å². The highest BCUT2D eigenvalue weighted by Crippen LogP contribution is 2.38. The van der Waals surface area contributed by atoms with E-state index in [2.05, 4.69) is 4.98 Å². The first-order chi connectivity index (χ1) is 11.8. The Labute approximate surface area is 142 Å². The monoisotopic (exact) mass is 347 g/mol. The van der Waals surface area contributed by atoms with Crippen LogP contribution in [0.3, 0.4) is 0 Å². The lowest BCUT2D eigenvalue weighted by molar-refractivity contribution is -0.138. The highest BCUT2D eigenvalue weighted by atomic mass is 19.4. The highest BCUT2D eigenvalue weighted by molar-refractivity contribution is 5.98.